The largest absolute Gasteiger partial charge is 0.382 e. The first-order chi connectivity index (χ1) is 20.9. The molecule has 1 amide bonds. The molecule has 218 valence electrons. The van der Waals surface area contributed by atoms with E-state index in [0.29, 0.717) is 28.6 Å². The van der Waals surface area contributed by atoms with Crippen LogP contribution in [-0.2, 0) is 18.3 Å². The van der Waals surface area contributed by atoms with E-state index in [9.17, 15) is 9.59 Å². The number of nitrogens with two attached hydrogens (primary N) is 1. The maximum Gasteiger partial charge on any atom is 0.284 e. The summed E-state index contributed by atoms with van der Waals surface area (Å²) in [5, 5.41) is 2.86. The van der Waals surface area contributed by atoms with Crippen LogP contribution >= 0.6 is 0 Å². The summed E-state index contributed by atoms with van der Waals surface area (Å²) in [7, 11) is 1.76. The van der Waals surface area contributed by atoms with E-state index in [4.69, 9.17) is 15.5 Å². The third-order valence-electron chi connectivity index (χ3n) is 7.73. The van der Waals surface area contributed by atoms with Gasteiger partial charge in [-0.1, -0.05) is 48.5 Å². The number of para-hydroxylation sites is 1. The van der Waals surface area contributed by atoms with Crippen LogP contribution in [0.1, 0.15) is 21.6 Å². The van der Waals surface area contributed by atoms with Crippen LogP contribution in [0.4, 0.5) is 11.5 Å². The van der Waals surface area contributed by atoms with Gasteiger partial charge in [0, 0.05) is 43.5 Å². The molecule has 0 unspecified atom stereocenters. The summed E-state index contributed by atoms with van der Waals surface area (Å²) in [4.78, 5) is 38.1. The maximum atomic E-state index is 13.2. The van der Waals surface area contributed by atoms with Crippen LogP contribution in [0.15, 0.2) is 89.9 Å². The molecule has 5 aromatic rings. The van der Waals surface area contributed by atoms with Gasteiger partial charge in [0.1, 0.15) is 17.1 Å². The smallest absolute Gasteiger partial charge is 0.284 e. The Morgan fingerprint density at radius 2 is 1.72 bits per heavy atom. The molecule has 3 heterocycles. The molecule has 6 rings (SSSR count). The van der Waals surface area contributed by atoms with E-state index >= 15 is 0 Å². The topological polar surface area (TPSA) is 120 Å². The summed E-state index contributed by atoms with van der Waals surface area (Å²) < 4.78 is 8.64. The number of nitrogen functional groups attached to an aromatic ring is 1. The molecule has 10 nitrogen and oxygen atoms in total. The van der Waals surface area contributed by atoms with E-state index in [1.165, 1.54) is 10.2 Å². The minimum Gasteiger partial charge on any atom is -0.382 e. The number of carbonyl (C=O) groups is 1. The number of amides is 1. The molecule has 0 aliphatic carbocycles. The number of benzene rings is 3. The van der Waals surface area contributed by atoms with Gasteiger partial charge in [0.05, 0.1) is 36.5 Å². The molecule has 2 aromatic heterocycles. The second-order valence-corrected chi connectivity index (χ2v) is 10.5. The number of anilines is 2. The van der Waals surface area contributed by atoms with E-state index < -0.39 is 5.91 Å². The normalized spacial score (nSPS) is 13.6. The lowest BCUT2D eigenvalue weighted by molar-refractivity contribution is 0.0342. The quantitative estimate of drug-likeness (QED) is 0.297. The molecule has 0 bridgehead atoms. The highest BCUT2D eigenvalue weighted by atomic mass is 16.5. The molecule has 3 aromatic carbocycles. The number of nitrogens with zero attached hydrogens (tertiary/aromatic N) is 5. The summed E-state index contributed by atoms with van der Waals surface area (Å²) >= 11 is 0. The van der Waals surface area contributed by atoms with Crippen molar-refractivity contribution in [3.63, 3.8) is 0 Å². The number of ether oxygens (including phenoxy) is 1. The molecule has 43 heavy (non-hydrogen) atoms. The van der Waals surface area contributed by atoms with Gasteiger partial charge in [-0.3, -0.25) is 19.2 Å². The molecule has 0 atom stereocenters. The van der Waals surface area contributed by atoms with E-state index in [2.05, 4.69) is 27.3 Å². The minimum absolute atomic E-state index is 0.0918. The van der Waals surface area contributed by atoms with Gasteiger partial charge in [0.15, 0.2) is 0 Å². The van der Waals surface area contributed by atoms with Gasteiger partial charge in [-0.2, -0.15) is 0 Å². The number of hydrogen-bond acceptors (Lipinski definition) is 7. The number of aromatic nitrogens is 4. The van der Waals surface area contributed by atoms with Crippen molar-refractivity contribution in [2.75, 3.05) is 37.4 Å². The van der Waals surface area contributed by atoms with Crippen LogP contribution in [0.25, 0.3) is 28.2 Å². The minimum atomic E-state index is -0.473. The fourth-order valence-electron chi connectivity index (χ4n) is 5.33. The molecule has 1 fully saturated rings. The van der Waals surface area contributed by atoms with Crippen LogP contribution < -0.4 is 16.6 Å². The van der Waals surface area contributed by atoms with Crippen molar-refractivity contribution < 1.29 is 9.53 Å². The predicted molar refractivity (Wildman–Crippen MR) is 167 cm³/mol. The van der Waals surface area contributed by atoms with Gasteiger partial charge in [-0.15, -0.1) is 0 Å². The summed E-state index contributed by atoms with van der Waals surface area (Å²) in [6.07, 6.45) is 1.69. The molecule has 0 spiro atoms. The second-order valence-electron chi connectivity index (χ2n) is 10.5. The van der Waals surface area contributed by atoms with Crippen molar-refractivity contribution in [3.8, 4) is 28.2 Å². The first kappa shape index (κ1) is 28.1. The number of rotatable bonds is 7. The Hall–Kier alpha value is -5.06. The van der Waals surface area contributed by atoms with Gasteiger partial charge in [-0.25, -0.2) is 14.6 Å². The van der Waals surface area contributed by atoms with E-state index in [-0.39, 0.29) is 11.1 Å². The number of hydrogen-bond donors (Lipinski definition) is 2. The lowest BCUT2D eigenvalue weighted by Crippen LogP contribution is -2.35. The maximum absolute atomic E-state index is 13.2. The summed E-state index contributed by atoms with van der Waals surface area (Å²) in [5.74, 6) is -0.162. The molecule has 0 saturated carbocycles. The van der Waals surface area contributed by atoms with E-state index in [0.717, 1.165) is 49.7 Å². The monoisotopic (exact) mass is 575 g/mol. The highest BCUT2D eigenvalue weighted by Gasteiger charge is 2.22. The Balaban J connectivity index is 1.21. The lowest BCUT2D eigenvalue weighted by atomic mass is 10.1. The first-order valence-corrected chi connectivity index (χ1v) is 14.2. The zero-order valence-corrected chi connectivity index (χ0v) is 24.2. The van der Waals surface area contributed by atoms with Crippen molar-refractivity contribution in [1.82, 2.24) is 24.2 Å². The molecular weight excluding hydrogens is 542 g/mol. The Morgan fingerprint density at radius 1 is 0.977 bits per heavy atom. The molecular formula is C33H33N7O3. The first-order valence-electron chi connectivity index (χ1n) is 14.2. The average Bonchev–Trinajstić information content (AvgIpc) is 3.26. The zero-order valence-electron chi connectivity index (χ0n) is 24.2. The Bertz CT molecular complexity index is 1820. The fourth-order valence-corrected chi connectivity index (χ4v) is 5.33. The fraction of sp³-hybridized carbons (Fsp3) is 0.212. The van der Waals surface area contributed by atoms with Gasteiger partial charge >= 0.3 is 0 Å². The van der Waals surface area contributed by atoms with Gasteiger partial charge in [0.25, 0.3) is 11.5 Å². The highest BCUT2D eigenvalue weighted by Crippen LogP contribution is 2.28. The highest BCUT2D eigenvalue weighted by molar-refractivity contribution is 6.05. The Kier molecular flexibility index (Phi) is 7.86. The lowest BCUT2D eigenvalue weighted by Gasteiger charge is -2.26. The number of nitrogens with one attached hydrogen (secondary N) is 1. The third kappa shape index (κ3) is 5.83. The molecule has 3 N–H and O–H groups in total. The van der Waals surface area contributed by atoms with Crippen LogP contribution in [0, 0.1) is 6.92 Å². The zero-order chi connectivity index (χ0) is 29.9. The second kappa shape index (κ2) is 12.0. The Morgan fingerprint density at radius 3 is 2.47 bits per heavy atom. The van der Waals surface area contributed by atoms with Crippen LogP contribution in [-0.4, -0.2) is 56.4 Å². The van der Waals surface area contributed by atoms with Crippen molar-refractivity contribution in [3.05, 3.63) is 112 Å². The van der Waals surface area contributed by atoms with Crippen molar-refractivity contribution in [1.29, 1.82) is 0 Å². The van der Waals surface area contributed by atoms with Crippen molar-refractivity contribution in [2.24, 2.45) is 7.05 Å². The van der Waals surface area contributed by atoms with Gasteiger partial charge in [0.2, 0.25) is 0 Å². The van der Waals surface area contributed by atoms with Crippen LogP contribution in [0.3, 0.4) is 0 Å². The van der Waals surface area contributed by atoms with Gasteiger partial charge < -0.3 is 15.8 Å². The van der Waals surface area contributed by atoms with Crippen molar-refractivity contribution >= 4 is 17.4 Å². The van der Waals surface area contributed by atoms with E-state index in [1.807, 2.05) is 54.6 Å². The number of morpholine rings is 1. The molecule has 1 aliphatic rings. The Labute approximate surface area is 249 Å². The average molecular weight is 576 g/mol. The predicted octanol–water partition coefficient (Wildman–Crippen LogP) is 4.28. The molecule has 1 saturated heterocycles. The molecule has 0 radical (unpaired) electrons. The standard InChI is InChI=1S/C33H33N7O3/c1-22-29(33(42)40(38(22)2)27-9-4-3-5-10-27)32(41)36-26-13-11-24(12-14-26)30-31(34)35-20-28(37-30)25-8-6-7-23(19-25)21-39-15-17-43-18-16-39/h3-14,19-20H,15-18,21H2,1-2H3,(H2,34,35)(H,36,41). The molecule has 10 heteroatoms. The summed E-state index contributed by atoms with van der Waals surface area (Å²) in [5.41, 5.74) is 11.9. The van der Waals surface area contributed by atoms with Crippen LogP contribution in [0.5, 0.6) is 0 Å². The van der Waals surface area contributed by atoms with Crippen LogP contribution in [0.2, 0.25) is 0 Å². The summed E-state index contributed by atoms with van der Waals surface area (Å²) in [6, 6.07) is 24.7. The summed E-state index contributed by atoms with van der Waals surface area (Å²) in [6.45, 7) is 5.96. The molecule has 1 aliphatic heterocycles. The number of carbonyl (C=O) groups excluding carboxylic acids is 1. The third-order valence-corrected chi connectivity index (χ3v) is 7.73. The van der Waals surface area contributed by atoms with E-state index in [1.54, 1.807) is 37.0 Å². The van der Waals surface area contributed by atoms with Gasteiger partial charge in [-0.05, 0) is 42.8 Å². The van der Waals surface area contributed by atoms with Crippen molar-refractivity contribution in [2.45, 2.75) is 13.5 Å². The SMILES string of the molecule is Cc1c(C(=O)Nc2ccc(-c3nc(-c4cccc(CN5CCOCC5)c4)cnc3N)cc2)c(=O)n(-c2ccccc2)n1C.